The molecule has 0 aliphatic rings. The largest absolute Gasteiger partial charge is 0.496 e. The molecule has 2 amide bonds. The molecular formula is C18H18ClN3O3. The Labute approximate surface area is 150 Å². The van der Waals surface area contributed by atoms with Gasteiger partial charge in [0.05, 0.1) is 12.8 Å². The molecule has 0 aromatic heterocycles. The number of ether oxygens (including phenoxy) is 1. The van der Waals surface area contributed by atoms with Crippen molar-refractivity contribution >= 4 is 34.8 Å². The van der Waals surface area contributed by atoms with E-state index in [4.69, 9.17) is 16.3 Å². The lowest BCUT2D eigenvalue weighted by Crippen LogP contribution is -2.32. The van der Waals surface area contributed by atoms with E-state index in [9.17, 15) is 9.59 Å². The van der Waals surface area contributed by atoms with Crippen LogP contribution in [-0.4, -0.2) is 24.6 Å². The summed E-state index contributed by atoms with van der Waals surface area (Å²) >= 11 is 5.97. The molecule has 25 heavy (non-hydrogen) atoms. The lowest BCUT2D eigenvalue weighted by molar-refractivity contribution is -0.136. The van der Waals surface area contributed by atoms with Crippen molar-refractivity contribution in [3.63, 3.8) is 0 Å². The van der Waals surface area contributed by atoms with Crippen LogP contribution in [0.3, 0.4) is 0 Å². The van der Waals surface area contributed by atoms with E-state index in [0.717, 1.165) is 5.56 Å². The van der Waals surface area contributed by atoms with Crippen molar-refractivity contribution in [2.75, 3.05) is 12.4 Å². The van der Waals surface area contributed by atoms with Gasteiger partial charge in [0, 0.05) is 16.3 Å². The lowest BCUT2D eigenvalue weighted by Gasteiger charge is -2.09. The smallest absolute Gasteiger partial charge is 0.329 e. The molecule has 0 fully saturated rings. The van der Waals surface area contributed by atoms with Crippen molar-refractivity contribution in [2.45, 2.75) is 13.8 Å². The fourth-order valence-electron chi connectivity index (χ4n) is 2.03. The predicted molar refractivity (Wildman–Crippen MR) is 98.2 cm³/mol. The highest BCUT2D eigenvalue weighted by Gasteiger charge is 2.14. The Morgan fingerprint density at radius 2 is 1.76 bits per heavy atom. The van der Waals surface area contributed by atoms with Gasteiger partial charge in [-0.1, -0.05) is 29.3 Å². The third kappa shape index (κ3) is 5.06. The summed E-state index contributed by atoms with van der Waals surface area (Å²) in [6.45, 7) is 3.60. The van der Waals surface area contributed by atoms with Gasteiger partial charge in [-0.15, -0.1) is 0 Å². The summed E-state index contributed by atoms with van der Waals surface area (Å²) in [7, 11) is 1.52. The maximum Gasteiger partial charge on any atom is 0.329 e. The van der Waals surface area contributed by atoms with Crippen molar-refractivity contribution in [1.82, 2.24) is 5.43 Å². The molecule has 130 valence electrons. The Balaban J connectivity index is 2.04. The van der Waals surface area contributed by atoms with Gasteiger partial charge in [0.2, 0.25) is 0 Å². The van der Waals surface area contributed by atoms with E-state index in [2.05, 4.69) is 15.8 Å². The Morgan fingerprint density at radius 1 is 1.08 bits per heavy atom. The van der Waals surface area contributed by atoms with Gasteiger partial charge in [0.25, 0.3) is 0 Å². The first-order valence-electron chi connectivity index (χ1n) is 7.47. The van der Waals surface area contributed by atoms with Crippen molar-refractivity contribution < 1.29 is 14.3 Å². The third-order valence-corrected chi connectivity index (χ3v) is 3.63. The van der Waals surface area contributed by atoms with Crippen LogP contribution in [0.1, 0.15) is 18.1 Å². The molecule has 0 spiro atoms. The summed E-state index contributed by atoms with van der Waals surface area (Å²) in [5.74, 6) is -1.12. The Kier molecular flexibility index (Phi) is 6.14. The first-order chi connectivity index (χ1) is 11.9. The molecule has 2 aromatic rings. The number of benzene rings is 2. The van der Waals surface area contributed by atoms with Gasteiger partial charge in [0.1, 0.15) is 5.75 Å². The van der Waals surface area contributed by atoms with Crippen LogP contribution in [0.5, 0.6) is 5.75 Å². The number of anilines is 1. The molecule has 0 saturated carbocycles. The van der Waals surface area contributed by atoms with Gasteiger partial charge in [0.15, 0.2) is 0 Å². The van der Waals surface area contributed by atoms with E-state index in [1.54, 1.807) is 37.3 Å². The number of halogens is 1. The average Bonchev–Trinajstić information content (AvgIpc) is 2.61. The Bertz CT molecular complexity index is 817. The number of methoxy groups -OCH3 is 1. The zero-order chi connectivity index (χ0) is 18.4. The predicted octanol–water partition coefficient (Wildman–Crippen LogP) is 3.14. The van der Waals surface area contributed by atoms with Crippen LogP contribution in [0, 0.1) is 6.92 Å². The van der Waals surface area contributed by atoms with E-state index in [1.165, 1.54) is 7.11 Å². The molecule has 6 nitrogen and oxygen atoms in total. The first kappa shape index (κ1) is 18.5. The number of hydrazone groups is 1. The highest BCUT2D eigenvalue weighted by molar-refractivity contribution is 6.39. The number of carbonyl (C=O) groups excluding carboxylic acids is 2. The summed E-state index contributed by atoms with van der Waals surface area (Å²) in [6, 6.07) is 12.1. The van der Waals surface area contributed by atoms with E-state index < -0.39 is 11.8 Å². The summed E-state index contributed by atoms with van der Waals surface area (Å²) < 4.78 is 5.23. The minimum Gasteiger partial charge on any atom is -0.496 e. The van der Waals surface area contributed by atoms with Gasteiger partial charge < -0.3 is 10.1 Å². The second-order valence-electron chi connectivity index (χ2n) is 5.30. The standard InChI is InChI=1S/C18H18ClN3O3/c1-11-4-7-14(8-5-11)20-17(23)18(24)22-21-12(2)15-10-13(19)6-9-16(15)25-3/h4-10H,1-3H3,(H,20,23)(H,22,24)/b21-12-. The lowest BCUT2D eigenvalue weighted by atomic mass is 10.1. The topological polar surface area (TPSA) is 79.8 Å². The molecule has 2 aromatic carbocycles. The molecular weight excluding hydrogens is 342 g/mol. The number of rotatable bonds is 4. The molecule has 0 heterocycles. The van der Waals surface area contributed by atoms with Crippen molar-refractivity contribution in [3.8, 4) is 5.75 Å². The van der Waals surface area contributed by atoms with Gasteiger partial charge in [-0.05, 0) is 44.2 Å². The van der Waals surface area contributed by atoms with Crippen molar-refractivity contribution in [3.05, 3.63) is 58.6 Å². The average molecular weight is 360 g/mol. The quantitative estimate of drug-likeness (QED) is 0.500. The fourth-order valence-corrected chi connectivity index (χ4v) is 2.21. The highest BCUT2D eigenvalue weighted by atomic mass is 35.5. The molecule has 0 aliphatic carbocycles. The number of aryl methyl sites for hydroxylation is 1. The maximum atomic E-state index is 11.9. The number of nitrogens with zero attached hydrogens (tertiary/aromatic N) is 1. The SMILES string of the molecule is COc1ccc(Cl)cc1/C(C)=N\NC(=O)C(=O)Nc1ccc(C)cc1. The molecule has 0 atom stereocenters. The van der Waals surface area contributed by atoms with Crippen LogP contribution in [0.2, 0.25) is 5.02 Å². The molecule has 2 N–H and O–H groups in total. The van der Waals surface area contributed by atoms with Gasteiger partial charge in [-0.25, -0.2) is 5.43 Å². The number of nitrogens with one attached hydrogen (secondary N) is 2. The maximum absolute atomic E-state index is 11.9. The van der Waals surface area contributed by atoms with Gasteiger partial charge in [-0.2, -0.15) is 5.10 Å². The normalized spacial score (nSPS) is 11.0. The Hall–Kier alpha value is -2.86. The summed E-state index contributed by atoms with van der Waals surface area (Å²) in [5.41, 5.74) is 4.88. The van der Waals surface area contributed by atoms with Crippen LogP contribution in [0.15, 0.2) is 47.6 Å². The molecule has 0 bridgehead atoms. The molecule has 0 aliphatic heterocycles. The second-order valence-corrected chi connectivity index (χ2v) is 5.74. The van der Waals surface area contributed by atoms with Gasteiger partial charge >= 0.3 is 11.8 Å². The number of hydrogen-bond acceptors (Lipinski definition) is 4. The number of carbonyl (C=O) groups is 2. The number of hydrogen-bond donors (Lipinski definition) is 2. The Morgan fingerprint density at radius 3 is 2.40 bits per heavy atom. The molecule has 0 radical (unpaired) electrons. The first-order valence-corrected chi connectivity index (χ1v) is 7.84. The van der Waals surface area contributed by atoms with Gasteiger partial charge in [-0.3, -0.25) is 9.59 Å². The zero-order valence-corrected chi connectivity index (χ0v) is 14.8. The number of amides is 2. The minimum atomic E-state index is -0.874. The van der Waals surface area contributed by atoms with E-state index >= 15 is 0 Å². The van der Waals surface area contributed by atoms with Crippen molar-refractivity contribution in [2.24, 2.45) is 5.10 Å². The van der Waals surface area contributed by atoms with Crippen LogP contribution >= 0.6 is 11.6 Å². The van der Waals surface area contributed by atoms with Crippen molar-refractivity contribution in [1.29, 1.82) is 0 Å². The van der Waals surface area contributed by atoms with Crippen LogP contribution in [-0.2, 0) is 9.59 Å². The summed E-state index contributed by atoms with van der Waals surface area (Å²) in [5, 5.41) is 6.94. The molecule has 7 heteroatoms. The van der Waals surface area contributed by atoms with E-state index in [0.29, 0.717) is 27.7 Å². The molecule has 0 unspecified atom stereocenters. The monoisotopic (exact) mass is 359 g/mol. The zero-order valence-electron chi connectivity index (χ0n) is 14.1. The fraction of sp³-hybridized carbons (Fsp3) is 0.167. The second kappa shape index (κ2) is 8.30. The van der Waals surface area contributed by atoms with E-state index in [1.807, 2.05) is 19.1 Å². The van der Waals surface area contributed by atoms with Crippen LogP contribution in [0.25, 0.3) is 0 Å². The minimum absolute atomic E-state index is 0.454. The summed E-state index contributed by atoms with van der Waals surface area (Å²) in [6.07, 6.45) is 0. The highest BCUT2D eigenvalue weighted by Crippen LogP contribution is 2.23. The van der Waals surface area contributed by atoms with E-state index in [-0.39, 0.29) is 0 Å². The third-order valence-electron chi connectivity index (χ3n) is 3.39. The van der Waals surface area contributed by atoms with Crippen LogP contribution < -0.4 is 15.5 Å². The molecule has 2 rings (SSSR count). The molecule has 0 saturated heterocycles. The van der Waals surface area contributed by atoms with Crippen LogP contribution in [0.4, 0.5) is 5.69 Å². The summed E-state index contributed by atoms with van der Waals surface area (Å²) in [4.78, 5) is 23.8.